The van der Waals surface area contributed by atoms with Crippen LogP contribution in [0.2, 0.25) is 0 Å². The van der Waals surface area contributed by atoms with E-state index in [0.717, 1.165) is 24.4 Å². The van der Waals surface area contributed by atoms with Crippen LogP contribution < -0.4 is 10.2 Å². The number of ether oxygens (including phenoxy) is 1. The van der Waals surface area contributed by atoms with E-state index in [1.165, 1.54) is 27.2 Å². The molecule has 0 fully saturated rings. The Morgan fingerprint density at radius 2 is 2.29 bits per heavy atom. The molecule has 0 aliphatic carbocycles. The van der Waals surface area contributed by atoms with Crippen molar-refractivity contribution in [2.45, 2.75) is 13.0 Å². The molecule has 21 heavy (non-hydrogen) atoms. The van der Waals surface area contributed by atoms with E-state index in [-0.39, 0.29) is 0 Å². The van der Waals surface area contributed by atoms with Crippen molar-refractivity contribution < 1.29 is 4.74 Å². The lowest BCUT2D eigenvalue weighted by atomic mass is 9.87. The second-order valence-corrected chi connectivity index (χ2v) is 6.29. The van der Waals surface area contributed by atoms with E-state index in [2.05, 4.69) is 47.0 Å². The fourth-order valence-electron chi connectivity index (χ4n) is 3.05. The zero-order valence-electron chi connectivity index (χ0n) is 12.1. The van der Waals surface area contributed by atoms with E-state index < -0.39 is 0 Å². The third kappa shape index (κ3) is 1.92. The molecule has 1 aliphatic heterocycles. The maximum absolute atomic E-state index is 5.46. The average molecular weight is 294 g/mol. The number of methoxy groups -OCH3 is 1. The first-order valence-electron chi connectivity index (χ1n) is 7.05. The van der Waals surface area contributed by atoms with Crippen LogP contribution in [0.4, 0.5) is 0 Å². The van der Waals surface area contributed by atoms with Crippen LogP contribution in [0.5, 0.6) is 5.75 Å². The van der Waals surface area contributed by atoms with Gasteiger partial charge in [0.2, 0.25) is 0 Å². The van der Waals surface area contributed by atoms with Gasteiger partial charge in [-0.2, -0.15) is 0 Å². The molecular formula is C16H15BN2OS. The van der Waals surface area contributed by atoms with Crippen molar-refractivity contribution in [3.63, 3.8) is 0 Å². The van der Waals surface area contributed by atoms with Gasteiger partial charge in [0.05, 0.1) is 24.0 Å². The Bertz CT molecular complexity index is 808. The third-order valence-electron chi connectivity index (χ3n) is 4.09. The Labute approximate surface area is 128 Å². The lowest BCUT2D eigenvalue weighted by molar-refractivity contribution is 0.417. The summed E-state index contributed by atoms with van der Waals surface area (Å²) in [6, 6.07) is 8.63. The number of aromatic nitrogens is 2. The number of nitrogens with zero attached hydrogens (tertiary/aromatic N) is 2. The number of benzene rings is 1. The normalized spacial score (nSPS) is 12.8. The van der Waals surface area contributed by atoms with Crippen molar-refractivity contribution in [3.05, 3.63) is 41.5 Å². The monoisotopic (exact) mass is 294 g/mol. The van der Waals surface area contributed by atoms with E-state index in [1.807, 2.05) is 6.33 Å². The van der Waals surface area contributed by atoms with Crippen LogP contribution >= 0.6 is 11.3 Å². The van der Waals surface area contributed by atoms with Gasteiger partial charge in [-0.3, -0.25) is 0 Å². The van der Waals surface area contributed by atoms with Gasteiger partial charge in [0.25, 0.3) is 0 Å². The molecule has 0 N–H and O–H groups in total. The van der Waals surface area contributed by atoms with Gasteiger partial charge in [-0.05, 0) is 35.0 Å². The molecule has 0 atom stereocenters. The molecule has 0 bridgehead atoms. The fourth-order valence-corrected chi connectivity index (χ4v) is 3.77. The van der Waals surface area contributed by atoms with Gasteiger partial charge in [-0.15, -0.1) is 11.3 Å². The maximum Gasteiger partial charge on any atom is 0.144 e. The van der Waals surface area contributed by atoms with Crippen LogP contribution in [-0.4, -0.2) is 24.5 Å². The summed E-state index contributed by atoms with van der Waals surface area (Å²) in [5.41, 5.74) is 6.15. The molecule has 3 aromatic rings. The molecule has 3 nitrogen and oxygen atoms in total. The molecule has 5 heteroatoms. The maximum atomic E-state index is 5.46. The first-order valence-corrected chi connectivity index (χ1v) is 7.93. The van der Waals surface area contributed by atoms with Gasteiger partial charge < -0.3 is 9.30 Å². The third-order valence-corrected chi connectivity index (χ3v) is 4.97. The molecular weight excluding hydrogens is 279 g/mol. The zero-order valence-corrected chi connectivity index (χ0v) is 12.9. The lowest BCUT2D eigenvalue weighted by Gasteiger charge is -2.21. The minimum atomic E-state index is 0.972. The highest BCUT2D eigenvalue weighted by molar-refractivity contribution is 7.13. The van der Waals surface area contributed by atoms with Crippen molar-refractivity contribution >= 4 is 24.6 Å². The van der Waals surface area contributed by atoms with Crippen LogP contribution in [0.1, 0.15) is 5.56 Å². The molecule has 0 unspecified atom stereocenters. The zero-order chi connectivity index (χ0) is 14.4. The Morgan fingerprint density at radius 1 is 1.38 bits per heavy atom. The van der Waals surface area contributed by atoms with Crippen LogP contribution in [0.15, 0.2) is 36.0 Å². The van der Waals surface area contributed by atoms with E-state index >= 15 is 0 Å². The van der Waals surface area contributed by atoms with Gasteiger partial charge in [-0.25, -0.2) is 4.98 Å². The molecule has 3 heterocycles. The van der Waals surface area contributed by atoms with E-state index in [0.29, 0.717) is 0 Å². The first kappa shape index (κ1) is 12.7. The van der Waals surface area contributed by atoms with Gasteiger partial charge in [0, 0.05) is 12.1 Å². The summed E-state index contributed by atoms with van der Waals surface area (Å²) in [7, 11) is 3.83. The lowest BCUT2D eigenvalue weighted by Crippen LogP contribution is -2.15. The summed E-state index contributed by atoms with van der Waals surface area (Å²) in [4.78, 5) is 5.88. The Morgan fingerprint density at radius 3 is 3.05 bits per heavy atom. The molecule has 0 radical (unpaired) electrons. The van der Waals surface area contributed by atoms with E-state index in [4.69, 9.17) is 4.74 Å². The van der Waals surface area contributed by atoms with E-state index in [9.17, 15) is 0 Å². The van der Waals surface area contributed by atoms with Crippen LogP contribution in [0.3, 0.4) is 0 Å². The number of thiophene rings is 1. The smallest absolute Gasteiger partial charge is 0.144 e. The summed E-state index contributed by atoms with van der Waals surface area (Å²) in [6.45, 7) is 0.979. The molecule has 0 saturated heterocycles. The van der Waals surface area contributed by atoms with Crippen molar-refractivity contribution in [1.82, 2.24) is 9.55 Å². The SMILES string of the molecule is Bc1cc2c(cc1OC)CCn1cnc(-c3cccs3)c1-2. The Hall–Kier alpha value is -2.01. The second kappa shape index (κ2) is 4.77. The highest BCUT2D eigenvalue weighted by atomic mass is 32.1. The number of hydrogen-bond acceptors (Lipinski definition) is 3. The summed E-state index contributed by atoms with van der Waals surface area (Å²) in [5, 5.41) is 2.10. The highest BCUT2D eigenvalue weighted by Crippen LogP contribution is 2.38. The van der Waals surface area contributed by atoms with Crippen LogP contribution in [0.25, 0.3) is 21.8 Å². The van der Waals surface area contributed by atoms with Crippen molar-refractivity contribution in [2.24, 2.45) is 0 Å². The number of imidazole rings is 1. The largest absolute Gasteiger partial charge is 0.497 e. The molecule has 1 aliphatic rings. The predicted octanol–water partition coefficient (Wildman–Crippen LogP) is 2.10. The summed E-state index contributed by atoms with van der Waals surface area (Å²) in [5.74, 6) is 0.972. The number of rotatable bonds is 2. The Balaban J connectivity index is 1.95. The molecule has 0 amide bonds. The van der Waals surface area contributed by atoms with Gasteiger partial charge in [-0.1, -0.05) is 12.1 Å². The number of hydrogen-bond donors (Lipinski definition) is 0. The van der Waals surface area contributed by atoms with Crippen LogP contribution in [0, 0.1) is 0 Å². The first-order chi connectivity index (χ1) is 10.3. The minimum Gasteiger partial charge on any atom is -0.497 e. The van der Waals surface area contributed by atoms with Gasteiger partial charge >= 0.3 is 0 Å². The molecule has 0 spiro atoms. The topological polar surface area (TPSA) is 27.1 Å². The van der Waals surface area contributed by atoms with Crippen molar-refractivity contribution in [3.8, 4) is 27.6 Å². The average Bonchev–Trinajstić information content (AvgIpc) is 3.15. The highest BCUT2D eigenvalue weighted by Gasteiger charge is 2.23. The molecule has 1 aromatic carbocycles. The standard InChI is InChI=1S/C16H15BN2OS/c1-20-13-7-10-4-5-19-9-18-15(14-3-2-6-21-14)16(19)11(10)8-12(13)17/h2-3,6-9H,4-5,17H2,1H3. The molecule has 104 valence electrons. The second-order valence-electron chi connectivity index (χ2n) is 5.34. The van der Waals surface area contributed by atoms with Crippen molar-refractivity contribution in [2.75, 3.05) is 7.11 Å². The van der Waals surface area contributed by atoms with Gasteiger partial charge in [0.1, 0.15) is 19.3 Å². The van der Waals surface area contributed by atoms with Crippen molar-refractivity contribution in [1.29, 1.82) is 0 Å². The molecule has 0 saturated carbocycles. The Kier molecular flexibility index (Phi) is 2.89. The summed E-state index contributed by atoms with van der Waals surface area (Å²) in [6.07, 6.45) is 2.99. The predicted molar refractivity (Wildman–Crippen MR) is 89.4 cm³/mol. The quantitative estimate of drug-likeness (QED) is 0.677. The van der Waals surface area contributed by atoms with Crippen LogP contribution in [-0.2, 0) is 13.0 Å². The molecule has 2 aromatic heterocycles. The number of aryl methyl sites for hydroxylation is 2. The molecule has 4 rings (SSSR count). The van der Waals surface area contributed by atoms with Gasteiger partial charge in [0.15, 0.2) is 0 Å². The summed E-state index contributed by atoms with van der Waals surface area (Å²) < 4.78 is 7.73. The minimum absolute atomic E-state index is 0.972. The van der Waals surface area contributed by atoms with E-state index in [1.54, 1.807) is 18.4 Å². The summed E-state index contributed by atoms with van der Waals surface area (Å²) >= 11 is 1.74. The number of fused-ring (bicyclic) bond motifs is 3. The fraction of sp³-hybridized carbons (Fsp3) is 0.188.